The number of carbonyl (C=O) groups excluding carboxylic acids is 1. The Morgan fingerprint density at radius 2 is 1.44 bits per heavy atom. The van der Waals surface area contributed by atoms with Crippen LogP contribution in [-0.2, 0) is 30.9 Å². The molecule has 0 radical (unpaired) electrons. The summed E-state index contributed by atoms with van der Waals surface area (Å²) < 4.78 is 45.0. The largest absolute Gasteiger partial charge is 0.744 e. The molecule has 2 heterocycles. The number of ether oxygens (including phenoxy) is 2. The van der Waals surface area contributed by atoms with Crippen LogP contribution in [0.2, 0.25) is 0 Å². The molecule has 1 aromatic heterocycles. The predicted octanol–water partition coefficient (Wildman–Crippen LogP) is 9.07. The van der Waals surface area contributed by atoms with Crippen molar-refractivity contribution in [3.05, 3.63) is 46.9 Å². The maximum atomic E-state index is 12.0. The van der Waals surface area contributed by atoms with Gasteiger partial charge < -0.3 is 14.0 Å². The van der Waals surface area contributed by atoms with Gasteiger partial charge in [-0.1, -0.05) is 119 Å². The van der Waals surface area contributed by atoms with Crippen molar-refractivity contribution < 1.29 is 31.8 Å². The van der Waals surface area contributed by atoms with Crippen molar-refractivity contribution in [1.82, 2.24) is 0 Å². The van der Waals surface area contributed by atoms with Crippen LogP contribution < -0.4 is 4.57 Å². The van der Waals surface area contributed by atoms with E-state index in [0.29, 0.717) is 19.1 Å². The molecular weight excluding hydrogens is 607 g/mol. The first-order chi connectivity index (χ1) is 21.8. The number of unbranched alkanes of at least 4 members (excludes halogenated alkanes) is 14. The molecule has 0 aliphatic carbocycles. The van der Waals surface area contributed by atoms with Gasteiger partial charge in [-0.25, -0.2) is 8.42 Å². The van der Waals surface area contributed by atoms with Gasteiger partial charge in [0.1, 0.15) is 23.3 Å². The van der Waals surface area contributed by atoms with Crippen LogP contribution in [0.5, 0.6) is 0 Å². The van der Waals surface area contributed by atoms with Crippen LogP contribution in [0.4, 0.5) is 0 Å². The van der Waals surface area contributed by atoms with Crippen LogP contribution in [0.1, 0.15) is 141 Å². The standard InChI is InChI=1S/C29H52NO3S.C7H8O3S/c1-2-3-4-5-6-7-8-9-10-11-12-13-15-18-27-20-21-28(33-27)25-32-29(31)19-16-14-17-22-30-23-24-34-26-30;1-6-2-4-7(5-3-6)11(8,9)10/h23-24,26-28H,2-22,25H2,1H3;2-5H,1H3,(H,8,9,10)/q+1;/p-1. The fourth-order valence-electron chi connectivity index (χ4n) is 5.60. The van der Waals surface area contributed by atoms with Crippen molar-refractivity contribution in [3.63, 3.8) is 0 Å². The molecule has 256 valence electrons. The zero-order valence-electron chi connectivity index (χ0n) is 28.0. The number of esters is 1. The molecule has 0 N–H and O–H groups in total. The Kier molecular flexibility index (Phi) is 21.3. The Hall–Kier alpha value is -1.81. The van der Waals surface area contributed by atoms with E-state index in [1.807, 2.05) is 6.92 Å². The molecule has 3 rings (SSSR count). The predicted molar refractivity (Wildman–Crippen MR) is 181 cm³/mol. The van der Waals surface area contributed by atoms with Gasteiger partial charge >= 0.3 is 5.97 Å². The number of aromatic nitrogens is 1. The Bertz CT molecular complexity index is 1110. The van der Waals surface area contributed by atoms with Crippen molar-refractivity contribution in [3.8, 4) is 0 Å². The molecule has 7 nitrogen and oxygen atoms in total. The Morgan fingerprint density at radius 1 is 0.867 bits per heavy atom. The molecule has 2 atom stereocenters. The zero-order valence-corrected chi connectivity index (χ0v) is 29.6. The fraction of sp³-hybridized carbons (Fsp3) is 0.722. The molecule has 0 amide bonds. The van der Waals surface area contributed by atoms with E-state index in [2.05, 4.69) is 28.6 Å². The quantitative estimate of drug-likeness (QED) is 0.0509. The van der Waals surface area contributed by atoms with Crippen LogP contribution in [0.15, 0.2) is 46.2 Å². The molecule has 2 unspecified atom stereocenters. The van der Waals surface area contributed by atoms with E-state index in [0.717, 1.165) is 44.2 Å². The van der Waals surface area contributed by atoms with Crippen LogP contribution in [0, 0.1) is 6.92 Å². The number of aryl methyl sites for hydroxylation is 2. The smallest absolute Gasteiger partial charge is 0.305 e. The van der Waals surface area contributed by atoms with E-state index in [1.54, 1.807) is 23.5 Å². The minimum absolute atomic E-state index is 0.0632. The number of rotatable bonds is 23. The molecule has 9 heteroatoms. The maximum absolute atomic E-state index is 12.0. The first-order valence-electron chi connectivity index (χ1n) is 17.5. The van der Waals surface area contributed by atoms with Gasteiger partial charge in [-0.2, -0.15) is 4.57 Å². The molecule has 45 heavy (non-hydrogen) atoms. The van der Waals surface area contributed by atoms with E-state index in [-0.39, 0.29) is 17.0 Å². The first-order valence-corrected chi connectivity index (χ1v) is 19.9. The molecular formula is C36H59NO6S2. The molecule has 1 fully saturated rings. The highest BCUT2D eigenvalue weighted by Crippen LogP contribution is 2.25. The average molecular weight is 666 g/mol. The number of carbonyl (C=O) groups is 1. The number of thiazole rings is 1. The van der Waals surface area contributed by atoms with Crippen LogP contribution in [0.3, 0.4) is 0 Å². The second kappa shape index (κ2) is 24.4. The van der Waals surface area contributed by atoms with Crippen molar-refractivity contribution >= 4 is 27.4 Å². The Balaban J connectivity index is 0.000000537. The number of hydrogen-bond acceptors (Lipinski definition) is 7. The summed E-state index contributed by atoms with van der Waals surface area (Å²) in [4.78, 5) is 11.8. The van der Waals surface area contributed by atoms with Gasteiger partial charge in [0.15, 0.2) is 6.20 Å². The van der Waals surface area contributed by atoms with E-state index < -0.39 is 10.1 Å². The summed E-state index contributed by atoms with van der Waals surface area (Å²) in [6, 6.07) is 5.78. The topological polar surface area (TPSA) is 96.6 Å². The van der Waals surface area contributed by atoms with Crippen LogP contribution in [0.25, 0.3) is 0 Å². The zero-order chi connectivity index (χ0) is 32.6. The minimum Gasteiger partial charge on any atom is -0.744 e. The summed E-state index contributed by atoms with van der Waals surface area (Å²) in [7, 11) is -4.27. The summed E-state index contributed by atoms with van der Waals surface area (Å²) in [5, 5.41) is 2.09. The highest BCUT2D eigenvalue weighted by Gasteiger charge is 2.25. The van der Waals surface area contributed by atoms with E-state index in [4.69, 9.17) is 9.47 Å². The molecule has 1 aromatic carbocycles. The first kappa shape index (κ1) is 39.4. The van der Waals surface area contributed by atoms with E-state index >= 15 is 0 Å². The van der Waals surface area contributed by atoms with E-state index in [1.165, 1.54) is 102 Å². The van der Waals surface area contributed by atoms with Gasteiger partial charge in [-0.05, 0) is 51.2 Å². The summed E-state index contributed by atoms with van der Waals surface area (Å²) in [6.07, 6.45) is 27.7. The normalized spacial score (nSPS) is 16.3. The van der Waals surface area contributed by atoms with Gasteiger partial charge in [0.2, 0.25) is 5.51 Å². The second-order valence-electron chi connectivity index (χ2n) is 12.5. The summed E-state index contributed by atoms with van der Waals surface area (Å²) in [5.41, 5.74) is 3.05. The van der Waals surface area contributed by atoms with Crippen molar-refractivity contribution in [1.29, 1.82) is 0 Å². The minimum atomic E-state index is -4.27. The number of hydrogen-bond donors (Lipinski definition) is 0. The lowest BCUT2D eigenvalue weighted by Crippen LogP contribution is -2.29. The highest BCUT2D eigenvalue weighted by atomic mass is 32.2. The third-order valence-corrected chi connectivity index (χ3v) is 9.91. The lowest BCUT2D eigenvalue weighted by molar-refractivity contribution is -0.692. The summed E-state index contributed by atoms with van der Waals surface area (Å²) in [6.45, 7) is 5.59. The van der Waals surface area contributed by atoms with Gasteiger partial charge in [-0.15, -0.1) is 0 Å². The third-order valence-electron chi connectivity index (χ3n) is 8.39. The number of benzene rings is 1. The molecule has 1 aliphatic rings. The second-order valence-corrected chi connectivity index (χ2v) is 14.6. The van der Waals surface area contributed by atoms with Crippen LogP contribution >= 0.6 is 11.3 Å². The van der Waals surface area contributed by atoms with Gasteiger partial charge in [0, 0.05) is 12.8 Å². The van der Waals surface area contributed by atoms with Gasteiger partial charge in [-0.3, -0.25) is 4.79 Å². The van der Waals surface area contributed by atoms with Gasteiger partial charge in [0.05, 0.1) is 22.5 Å². The third kappa shape index (κ3) is 20.1. The van der Waals surface area contributed by atoms with Crippen LogP contribution in [-0.4, -0.2) is 37.8 Å². The Labute approximate surface area is 277 Å². The van der Waals surface area contributed by atoms with Crippen molar-refractivity contribution in [2.24, 2.45) is 0 Å². The van der Waals surface area contributed by atoms with Crippen molar-refractivity contribution in [2.45, 2.75) is 166 Å². The molecule has 1 aliphatic heterocycles. The van der Waals surface area contributed by atoms with Crippen molar-refractivity contribution in [2.75, 3.05) is 6.61 Å². The average Bonchev–Trinajstić information content (AvgIpc) is 3.71. The highest BCUT2D eigenvalue weighted by molar-refractivity contribution is 7.85. The molecule has 0 bridgehead atoms. The lowest BCUT2D eigenvalue weighted by Gasteiger charge is -2.14. The molecule has 0 saturated carbocycles. The maximum Gasteiger partial charge on any atom is 0.305 e. The molecule has 2 aromatic rings. The molecule has 0 spiro atoms. The monoisotopic (exact) mass is 665 g/mol. The lowest BCUT2D eigenvalue weighted by atomic mass is 10.0. The SMILES string of the molecule is CCCCCCCCCCCCCCCC1CCC(COC(=O)CCCCC[n+]2ccsc2)O1.Cc1ccc(S(=O)(=O)[O-])cc1. The fourth-order valence-corrected chi connectivity index (χ4v) is 6.70. The van der Waals surface area contributed by atoms with Gasteiger partial charge in [0.25, 0.3) is 0 Å². The van der Waals surface area contributed by atoms with E-state index in [9.17, 15) is 17.8 Å². The number of nitrogens with zero attached hydrogens (tertiary/aromatic N) is 1. The summed E-state index contributed by atoms with van der Waals surface area (Å²) >= 11 is 1.72. The Morgan fingerprint density at radius 3 is 2.02 bits per heavy atom. The molecule has 1 saturated heterocycles. The summed E-state index contributed by atoms with van der Waals surface area (Å²) in [5.74, 6) is -0.0632.